The topological polar surface area (TPSA) is 94.0 Å². The third kappa shape index (κ3) is 7.32. The van der Waals surface area contributed by atoms with Crippen molar-refractivity contribution in [2.45, 2.75) is 52.7 Å². The van der Waals surface area contributed by atoms with Crippen LogP contribution in [0.2, 0.25) is 5.02 Å². The van der Waals surface area contributed by atoms with Gasteiger partial charge >= 0.3 is 6.09 Å². The van der Waals surface area contributed by atoms with Gasteiger partial charge in [-0.25, -0.2) is 18.6 Å². The van der Waals surface area contributed by atoms with Gasteiger partial charge in [-0.1, -0.05) is 29.8 Å². The molecule has 11 heteroatoms. The lowest BCUT2D eigenvalue weighted by Crippen LogP contribution is -2.37. The number of halogens is 3. The lowest BCUT2D eigenvalue weighted by Gasteiger charge is -2.22. The summed E-state index contributed by atoms with van der Waals surface area (Å²) in [6.07, 6.45) is 1.11. The summed E-state index contributed by atoms with van der Waals surface area (Å²) < 4.78 is 41.1. The highest BCUT2D eigenvalue weighted by molar-refractivity contribution is 6.30. The fourth-order valence-corrected chi connectivity index (χ4v) is 4.32. The summed E-state index contributed by atoms with van der Waals surface area (Å²) in [6.45, 7) is 8.38. The van der Waals surface area contributed by atoms with Crippen molar-refractivity contribution in [3.8, 4) is 5.75 Å². The standard InChI is InChI=1S/C30H31ClF2N4O4/c1-17-13-25(40-16-22-23(32)7-6-8-24(22)33)27-35-18(2)26(37(27)15-17)36-28(38)21(19-9-11-20(31)12-10-19)14-34-29(39)41-30(3,4)5/h6-13,15,21H,14,16H2,1-5H3,(H,34,39)(H,36,38). The quantitative estimate of drug-likeness (QED) is 0.240. The van der Waals surface area contributed by atoms with Crippen molar-refractivity contribution in [1.29, 1.82) is 0 Å². The van der Waals surface area contributed by atoms with E-state index in [2.05, 4.69) is 15.6 Å². The number of nitrogens with one attached hydrogen (secondary N) is 2. The lowest BCUT2D eigenvalue weighted by molar-refractivity contribution is -0.117. The first kappa shape index (κ1) is 29.8. The molecule has 1 atom stereocenters. The largest absolute Gasteiger partial charge is 0.485 e. The van der Waals surface area contributed by atoms with Crippen LogP contribution in [0.4, 0.5) is 19.4 Å². The Balaban J connectivity index is 1.61. The van der Waals surface area contributed by atoms with Gasteiger partial charge in [-0.15, -0.1) is 0 Å². The molecule has 0 radical (unpaired) electrons. The third-order valence-corrected chi connectivity index (χ3v) is 6.36. The van der Waals surface area contributed by atoms with Gasteiger partial charge in [-0.3, -0.25) is 9.20 Å². The summed E-state index contributed by atoms with van der Waals surface area (Å²) in [6, 6.07) is 12.1. The number of ether oxygens (including phenoxy) is 2. The molecule has 0 fully saturated rings. The molecule has 0 saturated carbocycles. The van der Waals surface area contributed by atoms with Gasteiger partial charge in [-0.05, 0) is 76.1 Å². The van der Waals surface area contributed by atoms with Gasteiger partial charge in [0.25, 0.3) is 0 Å². The minimum Gasteiger partial charge on any atom is -0.485 e. The van der Waals surface area contributed by atoms with E-state index in [9.17, 15) is 18.4 Å². The molecule has 0 aliphatic carbocycles. The van der Waals surface area contributed by atoms with Crippen LogP contribution < -0.4 is 15.4 Å². The molecule has 8 nitrogen and oxygen atoms in total. The number of anilines is 1. The van der Waals surface area contributed by atoms with Gasteiger partial charge in [0.1, 0.15) is 29.7 Å². The first-order chi connectivity index (χ1) is 19.3. The second-order valence-electron chi connectivity index (χ2n) is 10.6. The van der Waals surface area contributed by atoms with Gasteiger partial charge in [0, 0.05) is 17.8 Å². The Morgan fingerprint density at radius 2 is 1.73 bits per heavy atom. The number of pyridine rings is 1. The van der Waals surface area contributed by atoms with Crippen LogP contribution in [0, 0.1) is 25.5 Å². The molecule has 2 amide bonds. The molecule has 2 aromatic carbocycles. The monoisotopic (exact) mass is 584 g/mol. The Kier molecular flexibility index (Phi) is 8.82. The van der Waals surface area contributed by atoms with Crippen LogP contribution in [0.1, 0.15) is 49.1 Å². The molecule has 2 N–H and O–H groups in total. The van der Waals surface area contributed by atoms with Crippen molar-refractivity contribution in [3.05, 3.63) is 93.8 Å². The molecule has 0 aliphatic heterocycles. The van der Waals surface area contributed by atoms with Crippen LogP contribution in [0.5, 0.6) is 5.75 Å². The van der Waals surface area contributed by atoms with E-state index in [4.69, 9.17) is 21.1 Å². The number of fused-ring (bicyclic) bond motifs is 1. The van der Waals surface area contributed by atoms with Gasteiger partial charge in [0.05, 0.1) is 17.2 Å². The van der Waals surface area contributed by atoms with Gasteiger partial charge < -0.3 is 20.1 Å². The number of nitrogens with zero attached hydrogens (tertiary/aromatic N) is 2. The number of carbonyl (C=O) groups excluding carboxylic acids is 2. The zero-order chi connectivity index (χ0) is 29.9. The maximum Gasteiger partial charge on any atom is 0.407 e. The molecule has 4 rings (SSSR count). The van der Waals surface area contributed by atoms with E-state index in [0.29, 0.717) is 27.7 Å². The summed E-state index contributed by atoms with van der Waals surface area (Å²) in [5, 5.41) is 6.09. The van der Waals surface area contributed by atoms with Crippen LogP contribution in [-0.4, -0.2) is 33.5 Å². The van der Waals surface area contributed by atoms with E-state index in [1.807, 2.05) is 6.92 Å². The normalized spacial score (nSPS) is 12.2. The van der Waals surface area contributed by atoms with Gasteiger partial charge in [0.15, 0.2) is 11.4 Å². The Hall–Kier alpha value is -4.18. The number of carbonyl (C=O) groups is 2. The number of hydrogen-bond acceptors (Lipinski definition) is 5. The first-order valence-electron chi connectivity index (χ1n) is 12.9. The minimum atomic E-state index is -0.797. The van der Waals surface area contributed by atoms with Gasteiger partial charge in [-0.2, -0.15) is 0 Å². The van der Waals surface area contributed by atoms with Crippen LogP contribution in [0.25, 0.3) is 5.65 Å². The summed E-state index contributed by atoms with van der Waals surface area (Å²) in [5.41, 5.74) is 1.32. The number of alkyl carbamates (subject to hydrolysis) is 1. The van der Waals surface area contributed by atoms with Gasteiger partial charge in [0.2, 0.25) is 5.91 Å². The zero-order valence-electron chi connectivity index (χ0n) is 23.3. The Morgan fingerprint density at radius 1 is 1.07 bits per heavy atom. The first-order valence-corrected chi connectivity index (χ1v) is 13.3. The molecular weight excluding hydrogens is 554 g/mol. The van der Waals surface area contributed by atoms with Crippen molar-refractivity contribution >= 4 is 35.1 Å². The maximum atomic E-state index is 14.2. The Labute approximate surface area is 241 Å². The number of benzene rings is 2. The lowest BCUT2D eigenvalue weighted by atomic mass is 9.98. The van der Waals surface area contributed by atoms with E-state index < -0.39 is 35.2 Å². The molecule has 0 bridgehead atoms. The number of amides is 2. The smallest absolute Gasteiger partial charge is 0.407 e. The Morgan fingerprint density at radius 3 is 2.37 bits per heavy atom. The average molecular weight is 585 g/mol. The molecule has 41 heavy (non-hydrogen) atoms. The molecule has 1 unspecified atom stereocenters. The number of rotatable bonds is 8. The predicted octanol–water partition coefficient (Wildman–Crippen LogP) is 6.71. The van der Waals surface area contributed by atoms with Crippen molar-refractivity contribution in [2.75, 3.05) is 11.9 Å². The minimum absolute atomic E-state index is 0.0419. The van der Waals surface area contributed by atoms with Crippen LogP contribution >= 0.6 is 11.6 Å². The van der Waals surface area contributed by atoms with Crippen molar-refractivity contribution in [2.24, 2.45) is 0 Å². The molecule has 0 saturated heterocycles. The fraction of sp³-hybridized carbons (Fsp3) is 0.300. The molecule has 216 valence electrons. The fourth-order valence-electron chi connectivity index (χ4n) is 4.20. The number of aromatic nitrogens is 2. The van der Waals surface area contributed by atoms with E-state index in [1.54, 1.807) is 68.6 Å². The van der Waals surface area contributed by atoms with Crippen LogP contribution in [-0.2, 0) is 16.1 Å². The highest BCUT2D eigenvalue weighted by Crippen LogP contribution is 2.29. The summed E-state index contributed by atoms with van der Waals surface area (Å²) >= 11 is 6.05. The predicted molar refractivity (Wildman–Crippen MR) is 152 cm³/mol. The number of aryl methyl sites for hydroxylation is 2. The molecule has 4 aromatic rings. The highest BCUT2D eigenvalue weighted by atomic mass is 35.5. The highest BCUT2D eigenvalue weighted by Gasteiger charge is 2.26. The summed E-state index contributed by atoms with van der Waals surface area (Å²) in [5.74, 6) is -1.97. The molecule has 2 heterocycles. The van der Waals surface area contributed by atoms with Crippen LogP contribution in [0.15, 0.2) is 54.7 Å². The zero-order valence-corrected chi connectivity index (χ0v) is 24.1. The Bertz CT molecular complexity index is 1560. The SMILES string of the molecule is Cc1cc(OCc2c(F)cccc2F)c2nc(C)c(NC(=O)C(CNC(=O)OC(C)(C)C)c3ccc(Cl)cc3)n2c1. The molecule has 2 aromatic heterocycles. The van der Waals surface area contributed by atoms with Crippen molar-refractivity contribution in [1.82, 2.24) is 14.7 Å². The summed E-state index contributed by atoms with van der Waals surface area (Å²) in [7, 11) is 0. The van der Waals surface area contributed by atoms with E-state index in [1.165, 1.54) is 6.07 Å². The van der Waals surface area contributed by atoms with Crippen molar-refractivity contribution in [3.63, 3.8) is 0 Å². The molecular formula is C30H31ClF2N4O4. The summed E-state index contributed by atoms with van der Waals surface area (Å²) in [4.78, 5) is 30.5. The second-order valence-corrected chi connectivity index (χ2v) is 11.0. The van der Waals surface area contributed by atoms with E-state index in [0.717, 1.165) is 17.7 Å². The molecule has 0 aliphatic rings. The maximum absolute atomic E-state index is 14.2. The van der Waals surface area contributed by atoms with Crippen LogP contribution in [0.3, 0.4) is 0 Å². The number of hydrogen-bond donors (Lipinski definition) is 2. The average Bonchev–Trinajstić information content (AvgIpc) is 3.18. The van der Waals surface area contributed by atoms with E-state index >= 15 is 0 Å². The molecule has 0 spiro atoms. The van der Waals surface area contributed by atoms with E-state index in [-0.39, 0.29) is 24.5 Å². The van der Waals surface area contributed by atoms with Crippen molar-refractivity contribution < 1.29 is 27.8 Å². The number of imidazole rings is 1. The second kappa shape index (κ2) is 12.1. The third-order valence-electron chi connectivity index (χ3n) is 6.11.